The van der Waals surface area contributed by atoms with E-state index in [1.54, 1.807) is 4.90 Å². The van der Waals surface area contributed by atoms with Crippen molar-refractivity contribution in [2.75, 3.05) is 6.54 Å². The highest BCUT2D eigenvalue weighted by atomic mass is 79.9. The molecule has 0 radical (unpaired) electrons. The van der Waals surface area contributed by atoms with E-state index >= 15 is 0 Å². The number of nitrogens with zero attached hydrogens (tertiary/aromatic N) is 2. The Hall–Kier alpha value is -1.66. The van der Waals surface area contributed by atoms with E-state index in [1.807, 2.05) is 51.2 Å². The first kappa shape index (κ1) is 18.1. The van der Waals surface area contributed by atoms with Crippen LogP contribution in [0.4, 0.5) is 4.79 Å². The lowest BCUT2D eigenvalue weighted by atomic mass is 9.98. The number of hydrogen-bond acceptors (Lipinski definition) is 4. The quantitative estimate of drug-likeness (QED) is 0.806. The molecule has 1 fully saturated rings. The van der Waals surface area contributed by atoms with E-state index in [-0.39, 0.29) is 12.6 Å². The van der Waals surface area contributed by atoms with Crippen LogP contribution < -0.4 is 0 Å². The van der Waals surface area contributed by atoms with Crippen molar-refractivity contribution < 1.29 is 14.6 Å². The van der Waals surface area contributed by atoms with E-state index in [0.717, 1.165) is 21.3 Å². The minimum Gasteiger partial charge on any atom is -0.444 e. The van der Waals surface area contributed by atoms with Crippen molar-refractivity contribution in [1.29, 1.82) is 0 Å². The number of hydrogen-bond donors (Lipinski definition) is 1. The molecule has 1 aromatic rings. The molecular weight excluding hydrogens is 384 g/mol. The summed E-state index contributed by atoms with van der Waals surface area (Å²) in [4.78, 5) is 18.6. The normalized spacial score (nSPS) is 23.5. The first-order valence-electron chi connectivity index (χ1n) is 8.42. The molecule has 1 aromatic carbocycles. The molecule has 0 unspecified atom stereocenters. The van der Waals surface area contributed by atoms with Crippen LogP contribution in [-0.2, 0) is 4.74 Å². The van der Waals surface area contributed by atoms with Gasteiger partial charge in [0.2, 0.25) is 0 Å². The monoisotopic (exact) mass is 406 g/mol. The third-order valence-corrected chi connectivity index (χ3v) is 4.79. The molecule has 2 atom stereocenters. The van der Waals surface area contributed by atoms with Crippen LogP contribution in [0.3, 0.4) is 0 Å². The van der Waals surface area contributed by atoms with Crippen LogP contribution in [-0.4, -0.2) is 46.1 Å². The molecule has 0 aromatic heterocycles. The number of carbonyl (C=O) groups excluding carboxylic acids is 1. The van der Waals surface area contributed by atoms with Crippen molar-refractivity contribution in [2.24, 2.45) is 4.99 Å². The maximum Gasteiger partial charge on any atom is 0.410 e. The van der Waals surface area contributed by atoms with Crippen molar-refractivity contribution in [3.8, 4) is 0 Å². The summed E-state index contributed by atoms with van der Waals surface area (Å²) in [7, 11) is 0. The fraction of sp³-hybridized carbons (Fsp3) is 0.474. The van der Waals surface area contributed by atoms with E-state index < -0.39 is 17.8 Å². The molecule has 6 heteroatoms. The van der Waals surface area contributed by atoms with E-state index in [2.05, 4.69) is 20.9 Å². The van der Waals surface area contributed by atoms with Crippen LogP contribution in [0.15, 0.2) is 39.9 Å². The Labute approximate surface area is 156 Å². The maximum atomic E-state index is 12.5. The lowest BCUT2D eigenvalue weighted by Gasteiger charge is -2.28. The second-order valence-corrected chi connectivity index (χ2v) is 8.41. The van der Waals surface area contributed by atoms with Crippen LogP contribution in [0, 0.1) is 0 Å². The number of benzene rings is 1. The average molecular weight is 407 g/mol. The number of β-amino-alcohol motifs (C(OH)–C–C–N with tert-alkyl or cyclic N) is 1. The first-order valence-corrected chi connectivity index (χ1v) is 9.21. The van der Waals surface area contributed by atoms with Gasteiger partial charge in [-0.25, -0.2) is 4.79 Å². The average Bonchev–Trinajstić information content (AvgIpc) is 3.12. The molecule has 1 amide bonds. The lowest BCUT2D eigenvalue weighted by Crippen LogP contribution is -2.43. The van der Waals surface area contributed by atoms with Gasteiger partial charge in [0.15, 0.2) is 0 Å². The van der Waals surface area contributed by atoms with Crippen LogP contribution in [0.5, 0.6) is 0 Å². The lowest BCUT2D eigenvalue weighted by molar-refractivity contribution is 0.0243. The molecule has 0 spiro atoms. The van der Waals surface area contributed by atoms with Gasteiger partial charge in [-0.05, 0) is 44.0 Å². The van der Waals surface area contributed by atoms with Crippen molar-refractivity contribution in [2.45, 2.75) is 51.4 Å². The Balaban J connectivity index is 1.71. The van der Waals surface area contributed by atoms with Gasteiger partial charge in [-0.1, -0.05) is 28.1 Å². The highest BCUT2D eigenvalue weighted by Gasteiger charge is 2.40. The van der Waals surface area contributed by atoms with Gasteiger partial charge >= 0.3 is 6.09 Å². The van der Waals surface area contributed by atoms with Gasteiger partial charge in [0.05, 0.1) is 18.7 Å². The predicted octanol–water partition coefficient (Wildman–Crippen LogP) is 4.01. The molecule has 2 aliphatic heterocycles. The van der Waals surface area contributed by atoms with Gasteiger partial charge in [-0.15, -0.1) is 0 Å². The summed E-state index contributed by atoms with van der Waals surface area (Å²) in [5.41, 5.74) is 2.57. The number of amides is 1. The number of ether oxygens (including phenoxy) is 1. The van der Waals surface area contributed by atoms with E-state index in [9.17, 15) is 9.90 Å². The third kappa shape index (κ3) is 4.30. The molecule has 2 heterocycles. The number of rotatable bonds is 2. The van der Waals surface area contributed by atoms with E-state index in [0.29, 0.717) is 12.8 Å². The maximum absolute atomic E-state index is 12.5. The summed E-state index contributed by atoms with van der Waals surface area (Å²) >= 11 is 3.44. The molecular formula is C19H23BrN2O3. The fourth-order valence-electron chi connectivity index (χ4n) is 3.14. The van der Waals surface area contributed by atoms with Crippen LogP contribution >= 0.6 is 15.9 Å². The van der Waals surface area contributed by atoms with Gasteiger partial charge in [-0.2, -0.15) is 0 Å². The molecule has 0 bridgehead atoms. The number of aliphatic hydroxyl groups excluding tert-OH is 1. The Morgan fingerprint density at radius 1 is 1.32 bits per heavy atom. The van der Waals surface area contributed by atoms with Gasteiger partial charge in [0, 0.05) is 29.2 Å². The zero-order chi connectivity index (χ0) is 18.2. The number of aliphatic hydroxyl groups is 1. The molecule has 0 saturated carbocycles. The van der Waals surface area contributed by atoms with Gasteiger partial charge in [-0.3, -0.25) is 9.89 Å². The molecule has 1 saturated heterocycles. The standard InChI is InChI=1S/C19H23BrN2O3/c1-19(2,3)25-18(24)22-11-15(23)9-17(22)16-8-13(10-21-16)12-4-6-14(20)7-5-12/h4-7,10,15,17,23H,8-9,11H2,1-3H3/t15-,17-/m0/s1. The zero-order valence-corrected chi connectivity index (χ0v) is 16.3. The third-order valence-electron chi connectivity index (χ3n) is 4.26. The Morgan fingerprint density at radius 2 is 2.00 bits per heavy atom. The minimum absolute atomic E-state index is 0.214. The molecule has 134 valence electrons. The highest BCUT2D eigenvalue weighted by Crippen LogP contribution is 2.31. The SMILES string of the molecule is CC(C)(C)OC(=O)N1C[C@@H](O)C[C@H]1C1=NC=C(c2ccc(Br)cc2)C1. The highest BCUT2D eigenvalue weighted by molar-refractivity contribution is 9.10. The van der Waals surface area contributed by atoms with Crippen molar-refractivity contribution >= 4 is 33.3 Å². The fourth-order valence-corrected chi connectivity index (χ4v) is 3.41. The summed E-state index contributed by atoms with van der Waals surface area (Å²) < 4.78 is 6.52. The molecule has 3 rings (SSSR count). The summed E-state index contributed by atoms with van der Waals surface area (Å²) in [6.45, 7) is 5.80. The van der Waals surface area contributed by atoms with Crippen LogP contribution in [0.25, 0.3) is 5.57 Å². The number of aliphatic imine (C=N–C) groups is 1. The van der Waals surface area contributed by atoms with Gasteiger partial charge < -0.3 is 9.84 Å². The first-order chi connectivity index (χ1) is 11.7. The molecule has 2 aliphatic rings. The number of allylic oxidation sites excluding steroid dienone is 1. The van der Waals surface area contributed by atoms with Gasteiger partial charge in [0.1, 0.15) is 5.60 Å². The number of carbonyl (C=O) groups is 1. The largest absolute Gasteiger partial charge is 0.444 e. The summed E-state index contributed by atoms with van der Waals surface area (Å²) in [5, 5.41) is 10.1. The molecule has 1 N–H and O–H groups in total. The Bertz CT molecular complexity index is 719. The topological polar surface area (TPSA) is 62.1 Å². The number of likely N-dealkylation sites (tertiary alicyclic amines) is 1. The summed E-state index contributed by atoms with van der Waals surface area (Å²) in [6.07, 6.45) is 2.10. The van der Waals surface area contributed by atoms with Crippen molar-refractivity contribution in [3.05, 3.63) is 40.5 Å². The second kappa shape index (κ2) is 6.92. The van der Waals surface area contributed by atoms with Crippen LogP contribution in [0.2, 0.25) is 0 Å². The van der Waals surface area contributed by atoms with Crippen molar-refractivity contribution in [1.82, 2.24) is 4.90 Å². The minimum atomic E-state index is -0.562. The van der Waals surface area contributed by atoms with Gasteiger partial charge in [0.25, 0.3) is 0 Å². The van der Waals surface area contributed by atoms with E-state index in [4.69, 9.17) is 4.74 Å². The Morgan fingerprint density at radius 3 is 2.64 bits per heavy atom. The number of halogens is 1. The second-order valence-electron chi connectivity index (χ2n) is 7.50. The predicted molar refractivity (Wildman–Crippen MR) is 102 cm³/mol. The molecule has 5 nitrogen and oxygen atoms in total. The van der Waals surface area contributed by atoms with Crippen LogP contribution in [0.1, 0.15) is 39.2 Å². The van der Waals surface area contributed by atoms with Crippen molar-refractivity contribution in [3.63, 3.8) is 0 Å². The zero-order valence-electron chi connectivity index (χ0n) is 14.7. The molecule has 25 heavy (non-hydrogen) atoms. The summed E-state index contributed by atoms with van der Waals surface area (Å²) in [6, 6.07) is 7.88. The summed E-state index contributed by atoms with van der Waals surface area (Å²) in [5.74, 6) is 0. The van der Waals surface area contributed by atoms with E-state index in [1.165, 1.54) is 0 Å². The smallest absolute Gasteiger partial charge is 0.410 e. The Kier molecular flexibility index (Phi) is 5.02. The molecule has 0 aliphatic carbocycles.